The van der Waals surface area contributed by atoms with Crippen LogP contribution in [0.25, 0.3) is 0 Å². The molecule has 0 atom stereocenters. The second-order valence-electron chi connectivity index (χ2n) is 4.25. The Bertz CT molecular complexity index is 778. The molecule has 2 aromatic carbocycles. The van der Waals surface area contributed by atoms with Gasteiger partial charge in [-0.05, 0) is 35.9 Å². The van der Waals surface area contributed by atoms with Crippen LogP contribution < -0.4 is 5.73 Å². The monoisotopic (exact) mass is 290 g/mol. The largest absolute Gasteiger partial charge is 0.396 e. The highest BCUT2D eigenvalue weighted by Gasteiger charge is 2.17. The molecular formula is C14H11FN2O2S. The van der Waals surface area contributed by atoms with Gasteiger partial charge in [0.1, 0.15) is 5.82 Å². The van der Waals surface area contributed by atoms with Gasteiger partial charge in [-0.25, -0.2) is 12.8 Å². The number of nitrogens with two attached hydrogens (primary N) is 1. The molecule has 0 aromatic heterocycles. The first-order valence-corrected chi connectivity index (χ1v) is 7.34. The lowest BCUT2D eigenvalue weighted by molar-refractivity contribution is 0.591. The van der Waals surface area contributed by atoms with Crippen LogP contribution in [0.5, 0.6) is 0 Å². The molecule has 0 bridgehead atoms. The smallest absolute Gasteiger partial charge is 0.182 e. The summed E-state index contributed by atoms with van der Waals surface area (Å²) < 4.78 is 37.6. The quantitative estimate of drug-likeness (QED) is 0.879. The molecule has 2 aromatic rings. The second-order valence-corrected chi connectivity index (χ2v) is 6.24. The second kappa shape index (κ2) is 5.31. The molecule has 0 amide bonds. The molecule has 20 heavy (non-hydrogen) atoms. The first-order valence-electron chi connectivity index (χ1n) is 5.69. The Balaban J connectivity index is 2.30. The van der Waals surface area contributed by atoms with Gasteiger partial charge in [-0.2, -0.15) is 5.26 Å². The number of rotatable bonds is 3. The third-order valence-corrected chi connectivity index (χ3v) is 4.46. The van der Waals surface area contributed by atoms with E-state index in [9.17, 15) is 12.8 Å². The van der Waals surface area contributed by atoms with E-state index >= 15 is 0 Å². The molecule has 2 N–H and O–H groups in total. The molecule has 6 heteroatoms. The van der Waals surface area contributed by atoms with Crippen molar-refractivity contribution in [3.8, 4) is 6.07 Å². The molecule has 0 saturated carbocycles. The fraction of sp³-hybridized carbons (Fsp3) is 0.0714. The Morgan fingerprint density at radius 2 is 1.80 bits per heavy atom. The standard InChI is InChI=1S/C14H11FN2O2S/c15-13-7-12(5-6-14(13)17)20(18,19)9-11-3-1-10(8-16)2-4-11/h1-7H,9,17H2. The van der Waals surface area contributed by atoms with E-state index in [0.29, 0.717) is 11.1 Å². The highest BCUT2D eigenvalue weighted by molar-refractivity contribution is 7.90. The minimum absolute atomic E-state index is 0.0951. The number of hydrogen-bond donors (Lipinski definition) is 1. The lowest BCUT2D eigenvalue weighted by Crippen LogP contribution is -2.06. The maximum atomic E-state index is 13.3. The molecule has 0 aliphatic carbocycles. The van der Waals surface area contributed by atoms with Gasteiger partial charge in [-0.15, -0.1) is 0 Å². The molecule has 0 aliphatic heterocycles. The normalized spacial score (nSPS) is 11.0. The number of sulfone groups is 1. The van der Waals surface area contributed by atoms with Crippen molar-refractivity contribution in [1.82, 2.24) is 0 Å². The van der Waals surface area contributed by atoms with E-state index in [1.165, 1.54) is 24.3 Å². The van der Waals surface area contributed by atoms with E-state index in [0.717, 1.165) is 6.07 Å². The number of anilines is 1. The molecule has 0 spiro atoms. The molecule has 0 radical (unpaired) electrons. The fourth-order valence-corrected chi connectivity index (χ4v) is 3.04. The van der Waals surface area contributed by atoms with Crippen LogP contribution in [-0.4, -0.2) is 8.42 Å². The van der Waals surface area contributed by atoms with Crippen LogP contribution in [0.4, 0.5) is 10.1 Å². The predicted octanol–water partition coefficient (Wildman–Crippen LogP) is 2.25. The maximum Gasteiger partial charge on any atom is 0.182 e. The summed E-state index contributed by atoms with van der Waals surface area (Å²) in [5, 5.41) is 8.67. The van der Waals surface area contributed by atoms with Gasteiger partial charge in [-0.3, -0.25) is 0 Å². The van der Waals surface area contributed by atoms with Crippen molar-refractivity contribution in [3.63, 3.8) is 0 Å². The van der Waals surface area contributed by atoms with Crippen molar-refractivity contribution >= 4 is 15.5 Å². The van der Waals surface area contributed by atoms with Gasteiger partial charge < -0.3 is 5.73 Å². The van der Waals surface area contributed by atoms with E-state index < -0.39 is 15.7 Å². The summed E-state index contributed by atoms with van der Waals surface area (Å²) in [6.07, 6.45) is 0. The minimum Gasteiger partial charge on any atom is -0.396 e. The topological polar surface area (TPSA) is 84.0 Å². The van der Waals surface area contributed by atoms with Crippen LogP contribution in [0.15, 0.2) is 47.4 Å². The highest BCUT2D eigenvalue weighted by Crippen LogP contribution is 2.20. The number of hydrogen-bond acceptors (Lipinski definition) is 4. The van der Waals surface area contributed by atoms with Gasteiger partial charge in [0.25, 0.3) is 0 Å². The molecular weight excluding hydrogens is 279 g/mol. The summed E-state index contributed by atoms with van der Waals surface area (Å²) in [5.41, 5.74) is 6.20. The van der Waals surface area contributed by atoms with Crippen molar-refractivity contribution in [2.45, 2.75) is 10.6 Å². The number of benzene rings is 2. The molecule has 0 fully saturated rings. The predicted molar refractivity (Wildman–Crippen MR) is 72.9 cm³/mol. The van der Waals surface area contributed by atoms with E-state index in [-0.39, 0.29) is 16.3 Å². The van der Waals surface area contributed by atoms with E-state index in [4.69, 9.17) is 11.0 Å². The zero-order chi connectivity index (χ0) is 14.8. The summed E-state index contributed by atoms with van der Waals surface area (Å²) >= 11 is 0. The average molecular weight is 290 g/mol. The number of nitrogens with zero attached hydrogens (tertiary/aromatic N) is 1. The van der Waals surface area contributed by atoms with Crippen LogP contribution in [0.1, 0.15) is 11.1 Å². The third-order valence-electron chi connectivity index (χ3n) is 2.77. The molecule has 4 nitrogen and oxygen atoms in total. The summed E-state index contributed by atoms with van der Waals surface area (Å²) in [6.45, 7) is 0. The van der Waals surface area contributed by atoms with Crippen LogP contribution >= 0.6 is 0 Å². The lowest BCUT2D eigenvalue weighted by atomic mass is 10.2. The molecule has 102 valence electrons. The summed E-state index contributed by atoms with van der Waals surface area (Å²) in [6, 6.07) is 11.5. The molecule has 0 saturated heterocycles. The van der Waals surface area contributed by atoms with Crippen LogP contribution in [0, 0.1) is 17.1 Å². The Morgan fingerprint density at radius 1 is 1.15 bits per heavy atom. The SMILES string of the molecule is N#Cc1ccc(CS(=O)(=O)c2ccc(N)c(F)c2)cc1. The van der Waals surface area contributed by atoms with Gasteiger partial charge in [0.15, 0.2) is 9.84 Å². The number of halogens is 1. The molecule has 0 aliphatic rings. The Hall–Kier alpha value is -2.39. The zero-order valence-electron chi connectivity index (χ0n) is 10.4. The summed E-state index contributed by atoms with van der Waals surface area (Å²) in [4.78, 5) is -0.117. The van der Waals surface area contributed by atoms with Gasteiger partial charge in [0.2, 0.25) is 0 Å². The van der Waals surface area contributed by atoms with Crippen LogP contribution in [0.3, 0.4) is 0 Å². The van der Waals surface area contributed by atoms with Crippen LogP contribution in [-0.2, 0) is 15.6 Å². The lowest BCUT2D eigenvalue weighted by Gasteiger charge is -2.06. The highest BCUT2D eigenvalue weighted by atomic mass is 32.2. The Kier molecular flexibility index (Phi) is 3.72. The van der Waals surface area contributed by atoms with Crippen molar-refractivity contribution in [3.05, 3.63) is 59.4 Å². The van der Waals surface area contributed by atoms with E-state index in [1.54, 1.807) is 12.1 Å². The van der Waals surface area contributed by atoms with Gasteiger partial charge in [0.05, 0.1) is 28.0 Å². The third kappa shape index (κ3) is 2.95. The molecule has 0 heterocycles. The Labute approximate surface area is 116 Å². The summed E-state index contributed by atoms with van der Waals surface area (Å²) in [7, 11) is -3.65. The van der Waals surface area contributed by atoms with E-state index in [1.807, 2.05) is 6.07 Å². The van der Waals surface area contributed by atoms with Crippen molar-refractivity contribution in [2.24, 2.45) is 0 Å². The minimum atomic E-state index is -3.65. The fourth-order valence-electron chi connectivity index (χ4n) is 1.68. The summed E-state index contributed by atoms with van der Waals surface area (Å²) in [5.74, 6) is -1.02. The van der Waals surface area contributed by atoms with Gasteiger partial charge in [0, 0.05) is 0 Å². The molecule has 0 unspecified atom stereocenters. The molecule has 2 rings (SSSR count). The number of nitrogen functional groups attached to an aromatic ring is 1. The zero-order valence-corrected chi connectivity index (χ0v) is 11.2. The first-order chi connectivity index (χ1) is 9.42. The number of nitriles is 1. The van der Waals surface area contributed by atoms with Crippen molar-refractivity contribution in [2.75, 3.05) is 5.73 Å². The Morgan fingerprint density at radius 3 is 2.35 bits per heavy atom. The van der Waals surface area contributed by atoms with Crippen molar-refractivity contribution < 1.29 is 12.8 Å². The van der Waals surface area contributed by atoms with Gasteiger partial charge in [-0.1, -0.05) is 12.1 Å². The van der Waals surface area contributed by atoms with Crippen LogP contribution in [0.2, 0.25) is 0 Å². The van der Waals surface area contributed by atoms with Gasteiger partial charge >= 0.3 is 0 Å². The first kappa shape index (κ1) is 14.0. The van der Waals surface area contributed by atoms with Crippen molar-refractivity contribution in [1.29, 1.82) is 5.26 Å². The van der Waals surface area contributed by atoms with E-state index in [2.05, 4.69) is 0 Å². The maximum absolute atomic E-state index is 13.3. The average Bonchev–Trinajstić information content (AvgIpc) is 2.42.